The number of nitrogens with zero attached hydrogens (tertiary/aromatic N) is 9. The van der Waals surface area contributed by atoms with E-state index in [0.29, 0.717) is 109 Å². The summed E-state index contributed by atoms with van der Waals surface area (Å²) in [5, 5.41) is 21.3. The van der Waals surface area contributed by atoms with E-state index in [9.17, 15) is 19.5 Å². The summed E-state index contributed by atoms with van der Waals surface area (Å²) in [6, 6.07) is 15.2. The lowest BCUT2D eigenvalue weighted by atomic mass is 9.82. The molecule has 4 atom stereocenters. The minimum Gasteiger partial charge on any atom is -0.508 e. The van der Waals surface area contributed by atoms with E-state index in [-0.39, 0.29) is 58.4 Å². The third-order valence-electron chi connectivity index (χ3n) is 18.5. The zero-order valence-electron chi connectivity index (χ0n) is 44.4. The van der Waals surface area contributed by atoms with Crippen molar-refractivity contribution in [1.29, 1.82) is 0 Å². The Hall–Kier alpha value is -6.21. The van der Waals surface area contributed by atoms with Crippen molar-refractivity contribution in [2.24, 2.45) is 18.9 Å². The number of esters is 1. The number of aryl methyl sites for hydroxylation is 2. The maximum absolute atomic E-state index is 17.4. The van der Waals surface area contributed by atoms with Gasteiger partial charge in [-0.25, -0.2) is 9.37 Å². The van der Waals surface area contributed by atoms with Gasteiger partial charge < -0.3 is 29.1 Å². The number of phenolic OH excluding ortho intramolecular Hbond substituents is 1. The number of ether oxygens (including phenoxy) is 3. The number of anilines is 2. The van der Waals surface area contributed by atoms with E-state index in [2.05, 4.69) is 43.1 Å². The zero-order valence-corrected chi connectivity index (χ0v) is 45.1. The highest BCUT2D eigenvalue weighted by molar-refractivity contribution is 6.36. The van der Waals surface area contributed by atoms with Crippen LogP contribution in [0.1, 0.15) is 101 Å². The number of halogens is 2. The van der Waals surface area contributed by atoms with E-state index >= 15 is 4.39 Å². The van der Waals surface area contributed by atoms with Crippen molar-refractivity contribution in [2.75, 3.05) is 82.0 Å². The van der Waals surface area contributed by atoms with Gasteiger partial charge in [-0.05, 0) is 157 Å². The normalized spacial score (nSPS) is 24.6. The molecule has 410 valence electrons. The summed E-state index contributed by atoms with van der Waals surface area (Å²) < 4.78 is 38.0. The third kappa shape index (κ3) is 9.67. The summed E-state index contributed by atoms with van der Waals surface area (Å²) in [6.07, 6.45) is 12.3. The molecule has 0 aliphatic carbocycles. The summed E-state index contributed by atoms with van der Waals surface area (Å²) in [5.74, 6) is 0.227. The number of likely N-dealkylation sites (tertiary alicyclic amines) is 1. The van der Waals surface area contributed by atoms with Crippen molar-refractivity contribution in [3.05, 3.63) is 70.8 Å². The molecule has 13 rings (SSSR count). The van der Waals surface area contributed by atoms with E-state index in [4.69, 9.17) is 45.9 Å². The number of piperidine rings is 3. The maximum Gasteiger partial charge on any atom is 0.320 e. The largest absolute Gasteiger partial charge is 0.508 e. The lowest BCUT2D eigenvalue weighted by molar-refractivity contribution is -0.147. The SMILES string of the molecule is Cn1nc(C2CCC(=O)NC2=O)c2ccc(N3CCC(CC4CCN(CC(=O)OC[C@@H]5CC[C@]6(COc7nc8c9c(nc(-c%10cc(O)cc%11cccc(Cl)c%10%11)c(F)c9n7)CC[C@H]7COCCCN87)CCCN56)CC4)CC3)cc21. The van der Waals surface area contributed by atoms with Gasteiger partial charge in [-0.15, -0.1) is 0 Å². The third-order valence-corrected chi connectivity index (χ3v) is 18.8. The van der Waals surface area contributed by atoms with Gasteiger partial charge in [-0.3, -0.25) is 34.2 Å². The topological polar surface area (TPSA) is 181 Å². The number of aromatic hydroxyl groups is 1. The van der Waals surface area contributed by atoms with Crippen LogP contribution in [0.15, 0.2) is 48.5 Å². The number of aromatic nitrogens is 5. The van der Waals surface area contributed by atoms with Crippen LogP contribution in [-0.4, -0.2) is 147 Å². The van der Waals surface area contributed by atoms with Gasteiger partial charge in [0.05, 0.1) is 52.9 Å². The number of rotatable bonds is 12. The fraction of sp³-hybridized carbons (Fsp3) is 0.542. The Kier molecular flexibility index (Phi) is 13.9. The highest BCUT2D eigenvalue weighted by atomic mass is 35.5. The highest BCUT2D eigenvalue weighted by Crippen LogP contribution is 2.46. The Morgan fingerprint density at radius 3 is 2.58 bits per heavy atom. The molecule has 0 saturated carbocycles. The van der Waals surface area contributed by atoms with Crippen molar-refractivity contribution in [2.45, 2.75) is 113 Å². The minimum atomic E-state index is -0.622. The molecule has 78 heavy (non-hydrogen) atoms. The zero-order chi connectivity index (χ0) is 53.2. The van der Waals surface area contributed by atoms with Gasteiger partial charge in [0.25, 0.3) is 0 Å². The standard InChI is InChI=1S/C59H68ClFN10O7/c1-67-47-29-38(7-9-42(47)53(66-67)43-10-12-48(73)63-57(43)75)69-24-16-36(17-25-69)27-35-14-22-68(23-15-35)31-49(74)77-33-40-13-19-59(18-3-21-71(40)59)34-78-58-64-55-51-46(11-8-39-32-76-26-4-20-70(39)56(51)65-58)62-54(52(55)61)44-30-41(72)28-37-5-2-6-45(60)50(37)44/h2,5-7,9,28-30,35-36,39-40,43,72H,3-4,8,10-27,31-34H2,1H3,(H,63,73,75)/t39-,40-,43?,59-/m0/s1. The summed E-state index contributed by atoms with van der Waals surface area (Å²) in [7, 11) is 1.92. The molecule has 6 aromatic rings. The van der Waals surface area contributed by atoms with Gasteiger partial charge in [0.2, 0.25) is 11.8 Å². The van der Waals surface area contributed by atoms with Gasteiger partial charge in [0.1, 0.15) is 36.0 Å². The second kappa shape index (κ2) is 21.1. The van der Waals surface area contributed by atoms with Crippen LogP contribution in [-0.2, 0) is 37.3 Å². The lowest BCUT2D eigenvalue weighted by Crippen LogP contribution is -2.48. The van der Waals surface area contributed by atoms with Crippen LogP contribution in [0.3, 0.4) is 0 Å². The van der Waals surface area contributed by atoms with Crippen molar-refractivity contribution in [3.8, 4) is 23.0 Å². The first-order valence-corrected chi connectivity index (χ1v) is 28.8. The molecule has 10 heterocycles. The Balaban J connectivity index is 0.614. The lowest BCUT2D eigenvalue weighted by Gasteiger charge is -2.37. The summed E-state index contributed by atoms with van der Waals surface area (Å²) in [6.45, 7) is 7.48. The van der Waals surface area contributed by atoms with Gasteiger partial charge >= 0.3 is 12.0 Å². The van der Waals surface area contributed by atoms with E-state index in [0.717, 1.165) is 114 Å². The maximum atomic E-state index is 17.4. The van der Waals surface area contributed by atoms with Gasteiger partial charge in [0.15, 0.2) is 5.82 Å². The summed E-state index contributed by atoms with van der Waals surface area (Å²) in [4.78, 5) is 62.2. The molecule has 7 aliphatic heterocycles. The van der Waals surface area contributed by atoms with Crippen LogP contribution < -0.4 is 19.9 Å². The molecule has 0 bridgehead atoms. The number of phenols is 1. The van der Waals surface area contributed by atoms with E-state index in [1.54, 1.807) is 18.2 Å². The number of amides is 2. The number of carbonyl (C=O) groups is 3. The number of benzene rings is 3. The van der Waals surface area contributed by atoms with Crippen LogP contribution in [0.2, 0.25) is 5.02 Å². The number of hydrogen-bond acceptors (Lipinski definition) is 15. The number of imide groups is 1. The molecule has 1 unspecified atom stereocenters. The monoisotopic (exact) mass is 1080 g/mol. The van der Waals surface area contributed by atoms with Crippen molar-refractivity contribution >= 4 is 73.5 Å². The molecule has 0 radical (unpaired) electrons. The number of fused-ring (bicyclic) bond motifs is 5. The highest BCUT2D eigenvalue weighted by Gasteiger charge is 2.50. The Morgan fingerprint density at radius 1 is 0.910 bits per heavy atom. The molecule has 19 heteroatoms. The van der Waals surface area contributed by atoms with Crippen molar-refractivity contribution < 1.29 is 38.1 Å². The van der Waals surface area contributed by atoms with E-state index in [1.165, 1.54) is 18.2 Å². The van der Waals surface area contributed by atoms with Crippen LogP contribution in [0.5, 0.6) is 11.8 Å². The number of carbonyl (C=O) groups excluding carboxylic acids is 3. The molecule has 2 N–H and O–H groups in total. The fourth-order valence-corrected chi connectivity index (χ4v) is 14.7. The predicted octanol–water partition coefficient (Wildman–Crippen LogP) is 8.23. The van der Waals surface area contributed by atoms with Crippen LogP contribution >= 0.6 is 11.6 Å². The molecule has 7 aliphatic rings. The van der Waals surface area contributed by atoms with Gasteiger partial charge in [0, 0.05) is 72.8 Å². The molecule has 2 amide bonds. The molecule has 3 aromatic carbocycles. The molecular weight excluding hydrogens is 1020 g/mol. The molecule has 3 aromatic heterocycles. The van der Waals surface area contributed by atoms with Crippen LogP contribution in [0, 0.1) is 17.7 Å². The average Bonchev–Trinajstić information content (AvgIpc) is 4.19. The van der Waals surface area contributed by atoms with E-state index < -0.39 is 11.7 Å². The first-order chi connectivity index (χ1) is 37.9. The van der Waals surface area contributed by atoms with Gasteiger partial charge in [-0.2, -0.15) is 15.1 Å². The molecule has 6 fully saturated rings. The van der Waals surface area contributed by atoms with Crippen molar-refractivity contribution in [1.82, 2.24) is 39.8 Å². The number of nitrogens with one attached hydrogen (secondary N) is 1. The van der Waals surface area contributed by atoms with Crippen LogP contribution in [0.25, 0.3) is 43.8 Å². The second-order valence-electron chi connectivity index (χ2n) is 23.2. The quantitative estimate of drug-likeness (QED) is 0.0883. The van der Waals surface area contributed by atoms with Gasteiger partial charge in [-0.1, -0.05) is 23.7 Å². The Labute approximate surface area is 457 Å². The Bertz CT molecular complexity index is 3330. The molecular formula is C59H68ClFN10O7. The smallest absolute Gasteiger partial charge is 0.320 e. The van der Waals surface area contributed by atoms with Crippen molar-refractivity contribution in [3.63, 3.8) is 0 Å². The van der Waals surface area contributed by atoms with E-state index in [1.807, 2.05) is 17.8 Å². The summed E-state index contributed by atoms with van der Waals surface area (Å²) >= 11 is 6.76. The minimum absolute atomic E-state index is 0.0142. The summed E-state index contributed by atoms with van der Waals surface area (Å²) in [5.41, 5.74) is 3.90. The second-order valence-corrected chi connectivity index (χ2v) is 23.6. The molecule has 6 saturated heterocycles. The first-order valence-electron chi connectivity index (χ1n) is 28.4. The fourth-order valence-electron chi connectivity index (χ4n) is 14.4. The average molecular weight is 1080 g/mol. The predicted molar refractivity (Wildman–Crippen MR) is 295 cm³/mol. The molecule has 17 nitrogen and oxygen atoms in total. The molecule has 0 spiro atoms. The van der Waals surface area contributed by atoms with Crippen LogP contribution in [0.4, 0.5) is 15.9 Å². The number of hydrogen-bond donors (Lipinski definition) is 2. The first kappa shape index (κ1) is 51.2. The Morgan fingerprint density at radius 2 is 1.74 bits per heavy atom. The number of pyridine rings is 1.